The molecule has 0 unspecified atom stereocenters. The van der Waals surface area contributed by atoms with Gasteiger partial charge in [0.2, 0.25) is 0 Å². The largest absolute Gasteiger partial charge is 0.452 e. The molecule has 0 heterocycles. The summed E-state index contributed by atoms with van der Waals surface area (Å²) in [4.78, 5) is 45.2. The number of amides is 3. The normalized spacial score (nSPS) is 9.92. The molecule has 0 bridgehead atoms. The molecule has 1 rings (SSSR count). The number of nitrogens with one attached hydrogen (secondary N) is 3. The Labute approximate surface area is 149 Å². The molecule has 0 saturated carbocycles. The van der Waals surface area contributed by atoms with Gasteiger partial charge < -0.3 is 20.1 Å². The molecule has 0 spiro atoms. The van der Waals surface area contributed by atoms with Crippen molar-refractivity contribution in [1.29, 1.82) is 0 Å². The molecule has 26 heavy (non-hydrogen) atoms. The van der Waals surface area contributed by atoms with Crippen LogP contribution in [0.25, 0.3) is 0 Å². The van der Waals surface area contributed by atoms with Crippen LogP contribution in [-0.2, 0) is 14.3 Å². The van der Waals surface area contributed by atoms with Crippen LogP contribution in [-0.4, -0.2) is 56.7 Å². The number of methoxy groups -OCH3 is 1. The second-order valence-electron chi connectivity index (χ2n) is 4.97. The van der Waals surface area contributed by atoms with Gasteiger partial charge in [-0.2, -0.15) is 0 Å². The summed E-state index contributed by atoms with van der Waals surface area (Å²) in [5.41, 5.74) is -0.163. The van der Waals surface area contributed by atoms with Gasteiger partial charge in [-0.1, -0.05) is 0 Å². The van der Waals surface area contributed by atoms with Crippen molar-refractivity contribution in [3.8, 4) is 0 Å². The summed E-state index contributed by atoms with van der Waals surface area (Å²) in [5.74, 6) is -1.75. The topological polar surface area (TPSA) is 149 Å². The van der Waals surface area contributed by atoms with Crippen molar-refractivity contribution in [1.82, 2.24) is 10.6 Å². The third-order valence-electron chi connectivity index (χ3n) is 3.10. The number of nitrogens with zero attached hydrogens (tertiary/aromatic N) is 1. The van der Waals surface area contributed by atoms with Crippen LogP contribution in [0.3, 0.4) is 0 Å². The Kier molecular flexibility index (Phi) is 8.50. The van der Waals surface area contributed by atoms with Crippen molar-refractivity contribution in [3.05, 3.63) is 33.9 Å². The SMILES string of the molecule is CNc1ccc(C(=O)OCC(=O)NC(=O)NCCCOC)cc1[N+](=O)[O-]. The number of hydrogen-bond donors (Lipinski definition) is 3. The van der Waals surface area contributed by atoms with Crippen LogP contribution in [0.15, 0.2) is 18.2 Å². The maximum atomic E-state index is 11.9. The van der Waals surface area contributed by atoms with E-state index >= 15 is 0 Å². The molecule has 0 saturated heterocycles. The minimum atomic E-state index is -0.925. The van der Waals surface area contributed by atoms with Crippen molar-refractivity contribution in [3.63, 3.8) is 0 Å². The molecule has 1 aromatic carbocycles. The number of carbonyl (C=O) groups is 3. The lowest BCUT2D eigenvalue weighted by Gasteiger charge is -2.08. The molecular formula is C15H20N4O7. The van der Waals surface area contributed by atoms with Crippen LogP contribution >= 0.6 is 0 Å². The standard InChI is InChI=1S/C15H20N4O7/c1-16-11-5-4-10(8-12(11)19(23)24)14(21)26-9-13(20)18-15(22)17-6-3-7-25-2/h4-5,8,16H,3,6-7,9H2,1-2H3,(H2,17,18,20,22). The summed E-state index contributed by atoms with van der Waals surface area (Å²) < 4.78 is 9.56. The van der Waals surface area contributed by atoms with Gasteiger partial charge in [0.1, 0.15) is 5.69 Å². The molecule has 0 aliphatic rings. The highest BCUT2D eigenvalue weighted by Gasteiger charge is 2.18. The Morgan fingerprint density at radius 2 is 2.00 bits per heavy atom. The van der Waals surface area contributed by atoms with Crippen LogP contribution in [0, 0.1) is 10.1 Å². The number of benzene rings is 1. The summed E-state index contributed by atoms with van der Waals surface area (Å²) in [5, 5.41) is 18.0. The number of nitro groups is 1. The molecule has 0 aliphatic carbocycles. The third kappa shape index (κ3) is 6.73. The lowest BCUT2D eigenvalue weighted by molar-refractivity contribution is -0.384. The van der Waals surface area contributed by atoms with Gasteiger partial charge in [0.05, 0.1) is 10.5 Å². The monoisotopic (exact) mass is 368 g/mol. The van der Waals surface area contributed by atoms with E-state index in [0.29, 0.717) is 19.6 Å². The number of carbonyl (C=O) groups excluding carboxylic acids is 3. The van der Waals surface area contributed by atoms with E-state index in [9.17, 15) is 24.5 Å². The third-order valence-corrected chi connectivity index (χ3v) is 3.10. The average Bonchev–Trinajstić information content (AvgIpc) is 2.62. The Morgan fingerprint density at radius 3 is 2.62 bits per heavy atom. The number of rotatable bonds is 9. The number of ether oxygens (including phenoxy) is 2. The quantitative estimate of drug-likeness (QED) is 0.249. The number of hydrogen-bond acceptors (Lipinski definition) is 8. The summed E-state index contributed by atoms with van der Waals surface area (Å²) in [6.07, 6.45) is 0.578. The molecule has 11 nitrogen and oxygen atoms in total. The minimum absolute atomic E-state index is 0.0903. The summed E-state index contributed by atoms with van der Waals surface area (Å²) >= 11 is 0. The molecule has 11 heteroatoms. The van der Waals surface area contributed by atoms with Crippen molar-refractivity contribution < 1.29 is 28.8 Å². The maximum Gasteiger partial charge on any atom is 0.338 e. The molecule has 3 N–H and O–H groups in total. The van der Waals surface area contributed by atoms with Gasteiger partial charge >= 0.3 is 12.0 Å². The Hall–Kier alpha value is -3.21. The van der Waals surface area contributed by atoms with Crippen LogP contribution in [0.5, 0.6) is 0 Å². The Bertz CT molecular complexity index is 678. The Morgan fingerprint density at radius 1 is 1.27 bits per heavy atom. The molecule has 1 aromatic rings. The van der Waals surface area contributed by atoms with Crippen LogP contribution < -0.4 is 16.0 Å². The zero-order valence-corrected chi connectivity index (χ0v) is 14.4. The van der Waals surface area contributed by atoms with Crippen molar-refractivity contribution in [2.75, 3.05) is 39.2 Å². The fraction of sp³-hybridized carbons (Fsp3) is 0.400. The van der Waals surface area contributed by atoms with Crippen molar-refractivity contribution >= 4 is 29.3 Å². The summed E-state index contributed by atoms with van der Waals surface area (Å²) in [6, 6.07) is 2.98. The van der Waals surface area contributed by atoms with Gasteiger partial charge in [-0.05, 0) is 18.6 Å². The molecule has 0 aromatic heterocycles. The van der Waals surface area contributed by atoms with E-state index in [1.807, 2.05) is 5.32 Å². The average molecular weight is 368 g/mol. The molecular weight excluding hydrogens is 348 g/mol. The highest BCUT2D eigenvalue weighted by Crippen LogP contribution is 2.25. The zero-order chi connectivity index (χ0) is 19.5. The minimum Gasteiger partial charge on any atom is -0.452 e. The van der Waals surface area contributed by atoms with E-state index in [4.69, 9.17) is 9.47 Å². The molecule has 142 valence electrons. The van der Waals surface area contributed by atoms with Gasteiger partial charge in [0.15, 0.2) is 6.61 Å². The van der Waals surface area contributed by atoms with E-state index in [1.165, 1.54) is 26.3 Å². The van der Waals surface area contributed by atoms with Crippen LogP contribution in [0.4, 0.5) is 16.2 Å². The molecule has 0 fully saturated rings. The van der Waals surface area contributed by atoms with Crippen LogP contribution in [0.1, 0.15) is 16.8 Å². The number of imide groups is 1. The van der Waals surface area contributed by atoms with E-state index in [0.717, 1.165) is 6.07 Å². The van der Waals surface area contributed by atoms with E-state index in [-0.39, 0.29) is 16.9 Å². The molecule has 0 radical (unpaired) electrons. The highest BCUT2D eigenvalue weighted by atomic mass is 16.6. The number of anilines is 1. The zero-order valence-electron chi connectivity index (χ0n) is 14.4. The second kappa shape index (κ2) is 10.6. The first-order valence-corrected chi connectivity index (χ1v) is 7.59. The first-order valence-electron chi connectivity index (χ1n) is 7.59. The predicted octanol–water partition coefficient (Wildman–Crippen LogP) is 0.656. The summed E-state index contributed by atoms with van der Waals surface area (Å²) in [7, 11) is 3.03. The number of esters is 1. The van der Waals surface area contributed by atoms with Crippen LogP contribution in [0.2, 0.25) is 0 Å². The fourth-order valence-electron chi connectivity index (χ4n) is 1.86. The van der Waals surface area contributed by atoms with E-state index in [1.54, 1.807) is 0 Å². The number of urea groups is 1. The molecule has 0 aliphatic heterocycles. The van der Waals surface area contributed by atoms with Gasteiger partial charge in [0, 0.05) is 33.4 Å². The van der Waals surface area contributed by atoms with Gasteiger partial charge in [-0.15, -0.1) is 0 Å². The second-order valence-corrected chi connectivity index (χ2v) is 4.97. The first-order chi connectivity index (χ1) is 12.4. The van der Waals surface area contributed by atoms with Crippen molar-refractivity contribution in [2.45, 2.75) is 6.42 Å². The Balaban J connectivity index is 2.51. The van der Waals surface area contributed by atoms with Crippen molar-refractivity contribution in [2.24, 2.45) is 0 Å². The van der Waals surface area contributed by atoms with E-state index < -0.39 is 29.4 Å². The lowest BCUT2D eigenvalue weighted by Crippen LogP contribution is -2.41. The van der Waals surface area contributed by atoms with Gasteiger partial charge in [-0.3, -0.25) is 20.2 Å². The predicted molar refractivity (Wildman–Crippen MR) is 91.0 cm³/mol. The highest BCUT2D eigenvalue weighted by molar-refractivity contribution is 5.97. The van der Waals surface area contributed by atoms with Gasteiger partial charge in [-0.25, -0.2) is 9.59 Å². The maximum absolute atomic E-state index is 11.9. The van der Waals surface area contributed by atoms with E-state index in [2.05, 4.69) is 10.6 Å². The fourth-order valence-corrected chi connectivity index (χ4v) is 1.86. The number of nitro benzene ring substituents is 1. The molecule has 0 atom stereocenters. The lowest BCUT2D eigenvalue weighted by atomic mass is 10.1. The first kappa shape index (κ1) is 20.8. The summed E-state index contributed by atoms with van der Waals surface area (Å²) in [6.45, 7) is 0.0738. The smallest absolute Gasteiger partial charge is 0.338 e. The van der Waals surface area contributed by atoms with Gasteiger partial charge in [0.25, 0.3) is 11.6 Å². The molecule has 3 amide bonds.